The number of nitrogens with zero attached hydrogens (tertiary/aromatic N) is 2. The maximum atomic E-state index is 11.5. The monoisotopic (exact) mass is 237 g/mol. The Hall–Kier alpha value is -1.20. The molecule has 1 saturated heterocycles. The Labute approximate surface area is 101 Å². The van der Waals surface area contributed by atoms with Crippen LogP contribution in [0.15, 0.2) is 10.9 Å². The van der Waals surface area contributed by atoms with E-state index in [0.29, 0.717) is 12.4 Å². The number of aromatic amines is 1. The van der Waals surface area contributed by atoms with Crippen molar-refractivity contribution in [2.24, 2.45) is 0 Å². The minimum atomic E-state index is -0.108. The number of likely N-dealkylation sites (N-methyl/N-ethyl adjacent to an activating group) is 1. The highest BCUT2D eigenvalue weighted by molar-refractivity contribution is 5.05. The molecule has 17 heavy (non-hydrogen) atoms. The lowest BCUT2D eigenvalue weighted by Gasteiger charge is -2.31. The smallest absolute Gasteiger partial charge is 0.251 e. The number of rotatable bonds is 3. The first kappa shape index (κ1) is 12.3. The molecule has 0 bridgehead atoms. The average molecular weight is 237 g/mol. The molecular weight excluding hydrogens is 218 g/mol. The summed E-state index contributed by atoms with van der Waals surface area (Å²) in [5.41, 5.74) is 0.727. The van der Waals surface area contributed by atoms with Gasteiger partial charge in [-0.15, -0.1) is 0 Å². The van der Waals surface area contributed by atoms with Crippen LogP contribution in [-0.2, 0) is 11.2 Å². The molecule has 1 atom stereocenters. The van der Waals surface area contributed by atoms with E-state index in [1.54, 1.807) is 6.07 Å². The summed E-state index contributed by atoms with van der Waals surface area (Å²) in [6.07, 6.45) is 0.657. The molecule has 2 heterocycles. The number of morpholine rings is 1. The highest BCUT2D eigenvalue weighted by atomic mass is 16.5. The maximum absolute atomic E-state index is 11.5. The fourth-order valence-corrected chi connectivity index (χ4v) is 2.02. The first-order valence-corrected chi connectivity index (χ1v) is 6.17. The van der Waals surface area contributed by atoms with Crippen molar-refractivity contribution in [3.05, 3.63) is 27.9 Å². The highest BCUT2D eigenvalue weighted by Gasteiger charge is 2.23. The van der Waals surface area contributed by atoms with Crippen molar-refractivity contribution >= 4 is 0 Å². The zero-order chi connectivity index (χ0) is 12.3. The molecule has 1 aliphatic heterocycles. The van der Waals surface area contributed by atoms with Crippen molar-refractivity contribution in [1.82, 2.24) is 14.9 Å². The minimum absolute atomic E-state index is 0.0935. The first-order valence-electron chi connectivity index (χ1n) is 6.17. The van der Waals surface area contributed by atoms with Gasteiger partial charge in [0.05, 0.1) is 6.61 Å². The van der Waals surface area contributed by atoms with Gasteiger partial charge in [-0.1, -0.05) is 13.8 Å². The molecule has 0 amide bonds. The van der Waals surface area contributed by atoms with Gasteiger partial charge in [-0.2, -0.15) is 0 Å². The molecule has 0 radical (unpaired) electrons. The Kier molecular flexibility index (Phi) is 3.91. The molecule has 5 nitrogen and oxygen atoms in total. The quantitative estimate of drug-likeness (QED) is 0.842. The van der Waals surface area contributed by atoms with Gasteiger partial charge in [-0.05, 0) is 13.0 Å². The van der Waals surface area contributed by atoms with Crippen LogP contribution in [0.25, 0.3) is 0 Å². The zero-order valence-electron chi connectivity index (χ0n) is 10.4. The van der Waals surface area contributed by atoms with Crippen LogP contribution in [0.2, 0.25) is 0 Å². The molecule has 0 spiro atoms. The van der Waals surface area contributed by atoms with Gasteiger partial charge in [-0.3, -0.25) is 9.69 Å². The van der Waals surface area contributed by atoms with Gasteiger partial charge in [0.1, 0.15) is 11.9 Å². The third-order valence-electron chi connectivity index (χ3n) is 3.08. The standard InChI is InChI=1S/C12H19N3O2/c1-3-9-7-11(16)14-12(13-9)10-8-15(4-2)5-6-17-10/h7,10H,3-6,8H2,1-2H3,(H,13,14,16). The molecule has 1 aromatic rings. The Bertz CT molecular complexity index is 430. The van der Waals surface area contributed by atoms with Crippen molar-refractivity contribution in [3.63, 3.8) is 0 Å². The van der Waals surface area contributed by atoms with Gasteiger partial charge < -0.3 is 9.72 Å². The molecule has 94 valence electrons. The third kappa shape index (κ3) is 2.92. The van der Waals surface area contributed by atoms with E-state index in [1.807, 2.05) is 6.92 Å². The van der Waals surface area contributed by atoms with E-state index in [9.17, 15) is 4.79 Å². The summed E-state index contributed by atoms with van der Waals surface area (Å²) in [5, 5.41) is 0. The largest absolute Gasteiger partial charge is 0.368 e. The number of hydrogen-bond donors (Lipinski definition) is 1. The highest BCUT2D eigenvalue weighted by Crippen LogP contribution is 2.18. The average Bonchev–Trinajstić information content (AvgIpc) is 2.38. The van der Waals surface area contributed by atoms with Crippen molar-refractivity contribution in [1.29, 1.82) is 0 Å². The van der Waals surface area contributed by atoms with Gasteiger partial charge in [0.25, 0.3) is 5.56 Å². The molecular formula is C12H19N3O2. The topological polar surface area (TPSA) is 58.2 Å². The molecule has 5 heteroatoms. The van der Waals surface area contributed by atoms with Crippen LogP contribution in [0.1, 0.15) is 31.5 Å². The summed E-state index contributed by atoms with van der Waals surface area (Å²) >= 11 is 0. The van der Waals surface area contributed by atoms with Crippen molar-refractivity contribution < 1.29 is 4.74 Å². The number of H-pyrrole nitrogens is 1. The number of ether oxygens (including phenoxy) is 1. The minimum Gasteiger partial charge on any atom is -0.368 e. The molecule has 1 fully saturated rings. The Balaban J connectivity index is 2.21. The summed E-state index contributed by atoms with van der Waals surface area (Å²) in [6, 6.07) is 1.55. The van der Waals surface area contributed by atoms with Crippen molar-refractivity contribution in [2.45, 2.75) is 26.4 Å². The van der Waals surface area contributed by atoms with Crippen molar-refractivity contribution in [3.8, 4) is 0 Å². The van der Waals surface area contributed by atoms with Gasteiger partial charge in [0.2, 0.25) is 0 Å². The second-order valence-corrected chi connectivity index (χ2v) is 4.23. The number of nitrogens with one attached hydrogen (secondary N) is 1. The molecule has 1 unspecified atom stereocenters. The second kappa shape index (κ2) is 5.42. The van der Waals surface area contributed by atoms with E-state index in [2.05, 4.69) is 21.8 Å². The third-order valence-corrected chi connectivity index (χ3v) is 3.08. The molecule has 0 aliphatic carbocycles. The summed E-state index contributed by atoms with van der Waals surface area (Å²) in [4.78, 5) is 21.0. The Morgan fingerprint density at radius 3 is 3.12 bits per heavy atom. The van der Waals surface area contributed by atoms with E-state index in [0.717, 1.165) is 31.7 Å². The van der Waals surface area contributed by atoms with Gasteiger partial charge >= 0.3 is 0 Å². The molecule has 2 rings (SSSR count). The molecule has 0 aromatic carbocycles. The molecule has 0 saturated carbocycles. The fourth-order valence-electron chi connectivity index (χ4n) is 2.02. The van der Waals surface area contributed by atoms with Crippen molar-refractivity contribution in [2.75, 3.05) is 26.2 Å². The number of hydrogen-bond acceptors (Lipinski definition) is 4. The van der Waals surface area contributed by atoms with Gasteiger partial charge in [0, 0.05) is 24.8 Å². The van der Waals surface area contributed by atoms with E-state index < -0.39 is 0 Å². The summed E-state index contributed by atoms with van der Waals surface area (Å²) in [6.45, 7) is 7.56. The lowest BCUT2D eigenvalue weighted by atomic mass is 10.2. The van der Waals surface area contributed by atoms with Crippen LogP contribution in [0.5, 0.6) is 0 Å². The maximum Gasteiger partial charge on any atom is 0.251 e. The fraction of sp³-hybridized carbons (Fsp3) is 0.667. The van der Waals surface area contributed by atoms with Crippen LogP contribution in [-0.4, -0.2) is 41.1 Å². The van der Waals surface area contributed by atoms with Gasteiger partial charge in [0.15, 0.2) is 0 Å². The number of aromatic nitrogens is 2. The zero-order valence-corrected chi connectivity index (χ0v) is 10.4. The number of aryl methyl sites for hydroxylation is 1. The Morgan fingerprint density at radius 2 is 2.41 bits per heavy atom. The summed E-state index contributed by atoms with van der Waals surface area (Å²) in [7, 11) is 0. The Morgan fingerprint density at radius 1 is 1.59 bits per heavy atom. The SMILES string of the molecule is CCc1cc(=O)[nH]c(C2CN(CC)CCO2)n1. The van der Waals surface area contributed by atoms with E-state index >= 15 is 0 Å². The second-order valence-electron chi connectivity index (χ2n) is 4.23. The van der Waals surface area contributed by atoms with Crippen LogP contribution in [0, 0.1) is 0 Å². The molecule has 1 aromatic heterocycles. The lowest BCUT2D eigenvalue weighted by molar-refractivity contribution is -0.0327. The normalized spacial score (nSPS) is 21.6. The molecule has 1 aliphatic rings. The molecule has 1 N–H and O–H groups in total. The van der Waals surface area contributed by atoms with E-state index in [-0.39, 0.29) is 11.7 Å². The van der Waals surface area contributed by atoms with E-state index in [1.165, 1.54) is 0 Å². The summed E-state index contributed by atoms with van der Waals surface area (Å²) in [5.74, 6) is 0.660. The van der Waals surface area contributed by atoms with E-state index in [4.69, 9.17) is 4.74 Å². The van der Waals surface area contributed by atoms with Crippen LogP contribution < -0.4 is 5.56 Å². The first-order chi connectivity index (χ1) is 8.22. The predicted octanol–water partition coefficient (Wildman–Crippen LogP) is 0.726. The lowest BCUT2D eigenvalue weighted by Crippen LogP contribution is -2.39. The van der Waals surface area contributed by atoms with Crippen LogP contribution >= 0.6 is 0 Å². The van der Waals surface area contributed by atoms with Gasteiger partial charge in [-0.25, -0.2) is 4.98 Å². The summed E-state index contributed by atoms with van der Waals surface area (Å²) < 4.78 is 5.68. The predicted molar refractivity (Wildman–Crippen MR) is 65.0 cm³/mol. The van der Waals surface area contributed by atoms with Crippen LogP contribution in [0.4, 0.5) is 0 Å². The van der Waals surface area contributed by atoms with Crippen LogP contribution in [0.3, 0.4) is 0 Å².